The Balaban J connectivity index is 3.15. The second kappa shape index (κ2) is 6.34. The monoisotopic (exact) mass is 314 g/mol. The van der Waals surface area contributed by atoms with Gasteiger partial charge < -0.3 is 4.74 Å². The van der Waals surface area contributed by atoms with Gasteiger partial charge in [-0.25, -0.2) is 0 Å². The molecule has 0 atom stereocenters. The molecule has 5 nitrogen and oxygen atoms in total. The molecule has 1 rings (SSSR count). The lowest BCUT2D eigenvalue weighted by atomic mass is 9.84. The normalized spacial score (nSPS) is 12.8. The van der Waals surface area contributed by atoms with Crippen LogP contribution >= 0.6 is 0 Å². The molecule has 0 aromatic heterocycles. The van der Waals surface area contributed by atoms with E-state index in [2.05, 4.69) is 25.5 Å². The molecule has 1 N–H and O–H groups in total. The smallest absolute Gasteiger partial charge is 0.279 e. The van der Waals surface area contributed by atoms with Gasteiger partial charge in [-0.15, -0.1) is 0 Å². The molecule has 0 radical (unpaired) electrons. The summed E-state index contributed by atoms with van der Waals surface area (Å²) in [7, 11) is 1.23. The molecule has 0 saturated heterocycles. The summed E-state index contributed by atoms with van der Waals surface area (Å²) >= 11 is 0. The number of hydrogen-bond acceptors (Lipinski definition) is 3. The minimum absolute atomic E-state index is 0.0752. The topological polar surface area (TPSA) is 58.6 Å². The maximum atomic E-state index is 11.8. The number of nitrogens with one attached hydrogen (secondary N) is 1. The minimum atomic E-state index is -3.43. The Morgan fingerprint density at radius 1 is 1.24 bits per heavy atom. The van der Waals surface area contributed by atoms with Gasteiger partial charge in [0.2, 0.25) is 0 Å². The van der Waals surface area contributed by atoms with Crippen molar-refractivity contribution < 1.29 is 13.2 Å². The van der Waals surface area contributed by atoms with Crippen molar-refractivity contribution in [1.82, 2.24) is 9.03 Å². The molecule has 0 saturated carbocycles. The molecule has 0 aliphatic rings. The molecule has 120 valence electrons. The fourth-order valence-electron chi connectivity index (χ4n) is 1.97. The van der Waals surface area contributed by atoms with Crippen LogP contribution in [0.15, 0.2) is 12.1 Å². The summed E-state index contributed by atoms with van der Waals surface area (Å²) in [5.41, 5.74) is 2.94. The Kier molecular flexibility index (Phi) is 5.41. The zero-order valence-electron chi connectivity index (χ0n) is 13.9. The zero-order chi connectivity index (χ0) is 16.4. The molecule has 21 heavy (non-hydrogen) atoms. The molecule has 6 heteroatoms. The van der Waals surface area contributed by atoms with Gasteiger partial charge in [0.1, 0.15) is 5.75 Å². The number of benzene rings is 1. The maximum Gasteiger partial charge on any atom is 0.279 e. The van der Waals surface area contributed by atoms with Gasteiger partial charge in [0.15, 0.2) is 0 Å². The van der Waals surface area contributed by atoms with E-state index in [1.54, 1.807) is 7.11 Å². The van der Waals surface area contributed by atoms with Crippen molar-refractivity contribution in [2.24, 2.45) is 0 Å². The highest BCUT2D eigenvalue weighted by Crippen LogP contribution is 2.33. The standard InChI is InChI=1S/C15H26N2O3S/c1-11-8-14(20-7)13(15(2,3)4)9-12(11)10-16-21(18,19)17(5)6/h8-9,16H,10H2,1-7H3. The zero-order valence-corrected chi connectivity index (χ0v) is 14.8. The van der Waals surface area contributed by atoms with E-state index in [1.807, 2.05) is 19.1 Å². The van der Waals surface area contributed by atoms with Gasteiger partial charge in [0, 0.05) is 20.6 Å². The predicted molar refractivity (Wildman–Crippen MR) is 85.9 cm³/mol. The molecule has 0 aliphatic carbocycles. The van der Waals surface area contributed by atoms with Crippen LogP contribution in [-0.2, 0) is 22.2 Å². The number of hydrogen-bond donors (Lipinski definition) is 1. The average molecular weight is 314 g/mol. The van der Waals surface area contributed by atoms with Crippen LogP contribution in [0.5, 0.6) is 5.75 Å². The summed E-state index contributed by atoms with van der Waals surface area (Å²) in [5, 5.41) is 0. The highest BCUT2D eigenvalue weighted by Gasteiger charge is 2.21. The number of nitrogens with zero attached hydrogens (tertiary/aromatic N) is 1. The van der Waals surface area contributed by atoms with Crippen LogP contribution in [0.2, 0.25) is 0 Å². The van der Waals surface area contributed by atoms with Crippen LogP contribution in [0.3, 0.4) is 0 Å². The van der Waals surface area contributed by atoms with E-state index in [9.17, 15) is 8.42 Å². The van der Waals surface area contributed by atoms with Crippen molar-refractivity contribution in [2.75, 3.05) is 21.2 Å². The van der Waals surface area contributed by atoms with Gasteiger partial charge in [-0.05, 0) is 41.2 Å². The summed E-state index contributed by atoms with van der Waals surface area (Å²) in [5.74, 6) is 0.833. The lowest BCUT2D eigenvalue weighted by molar-refractivity contribution is 0.397. The van der Waals surface area contributed by atoms with E-state index in [0.717, 1.165) is 26.7 Å². The largest absolute Gasteiger partial charge is 0.496 e. The number of ether oxygens (including phenoxy) is 1. The molecule has 0 bridgehead atoms. The van der Waals surface area contributed by atoms with Crippen LogP contribution in [-0.4, -0.2) is 33.9 Å². The number of aryl methyl sites for hydroxylation is 1. The first-order valence-corrected chi connectivity index (χ1v) is 8.28. The van der Waals surface area contributed by atoms with E-state index in [-0.39, 0.29) is 12.0 Å². The second-order valence-corrected chi connectivity index (χ2v) is 8.31. The van der Waals surface area contributed by atoms with Crippen LogP contribution in [0.4, 0.5) is 0 Å². The van der Waals surface area contributed by atoms with Crippen molar-refractivity contribution in [3.05, 3.63) is 28.8 Å². The molecule has 0 heterocycles. The second-order valence-electron chi connectivity index (χ2n) is 6.34. The Bertz CT molecular complexity index is 602. The molecule has 1 aromatic rings. The van der Waals surface area contributed by atoms with Crippen LogP contribution in [0, 0.1) is 6.92 Å². The van der Waals surface area contributed by atoms with E-state index in [4.69, 9.17) is 4.74 Å². The molecular formula is C15H26N2O3S. The highest BCUT2D eigenvalue weighted by molar-refractivity contribution is 7.87. The number of methoxy groups -OCH3 is 1. The van der Waals surface area contributed by atoms with Crippen molar-refractivity contribution in [3.63, 3.8) is 0 Å². The molecule has 0 amide bonds. The van der Waals surface area contributed by atoms with Gasteiger partial charge in [-0.3, -0.25) is 0 Å². The molecule has 0 aliphatic heterocycles. The molecule has 1 aromatic carbocycles. The summed E-state index contributed by atoms with van der Waals surface area (Å²) in [6, 6.07) is 3.98. The van der Waals surface area contributed by atoms with Crippen molar-refractivity contribution >= 4 is 10.2 Å². The quantitative estimate of drug-likeness (QED) is 0.906. The van der Waals surface area contributed by atoms with Gasteiger partial charge in [0.05, 0.1) is 7.11 Å². The lowest BCUT2D eigenvalue weighted by Crippen LogP contribution is -2.35. The minimum Gasteiger partial charge on any atom is -0.496 e. The Morgan fingerprint density at radius 3 is 2.24 bits per heavy atom. The molecule has 0 spiro atoms. The molecule has 0 unspecified atom stereocenters. The van der Waals surface area contributed by atoms with Crippen molar-refractivity contribution in [3.8, 4) is 5.75 Å². The average Bonchev–Trinajstić information content (AvgIpc) is 2.35. The van der Waals surface area contributed by atoms with Crippen LogP contribution in [0.25, 0.3) is 0 Å². The fraction of sp³-hybridized carbons (Fsp3) is 0.600. The Hall–Kier alpha value is -1.11. The SMILES string of the molecule is COc1cc(C)c(CNS(=O)(=O)N(C)C)cc1C(C)(C)C. The third kappa shape index (κ3) is 4.43. The van der Waals surface area contributed by atoms with E-state index in [0.29, 0.717) is 0 Å². The number of rotatable bonds is 5. The Labute approximate surface area is 128 Å². The first kappa shape index (κ1) is 17.9. The predicted octanol–water partition coefficient (Wildman–Crippen LogP) is 2.20. The first-order chi connectivity index (χ1) is 9.49. The molecule has 0 fully saturated rings. The molecular weight excluding hydrogens is 288 g/mol. The summed E-state index contributed by atoms with van der Waals surface area (Å²) in [6.07, 6.45) is 0. The van der Waals surface area contributed by atoms with E-state index >= 15 is 0 Å². The first-order valence-electron chi connectivity index (χ1n) is 6.84. The summed E-state index contributed by atoms with van der Waals surface area (Å²) in [6.45, 7) is 8.53. The fourth-order valence-corrected chi connectivity index (χ4v) is 2.57. The van der Waals surface area contributed by atoms with E-state index < -0.39 is 10.2 Å². The van der Waals surface area contributed by atoms with Crippen molar-refractivity contribution in [1.29, 1.82) is 0 Å². The van der Waals surface area contributed by atoms with Crippen LogP contribution in [0.1, 0.15) is 37.5 Å². The van der Waals surface area contributed by atoms with Gasteiger partial charge in [0.25, 0.3) is 10.2 Å². The summed E-state index contributed by atoms with van der Waals surface area (Å²) < 4.78 is 32.8. The van der Waals surface area contributed by atoms with Gasteiger partial charge in [-0.1, -0.05) is 20.8 Å². The summed E-state index contributed by atoms with van der Waals surface area (Å²) in [4.78, 5) is 0. The van der Waals surface area contributed by atoms with Gasteiger partial charge >= 0.3 is 0 Å². The maximum absolute atomic E-state index is 11.8. The van der Waals surface area contributed by atoms with Gasteiger partial charge in [-0.2, -0.15) is 17.4 Å². The van der Waals surface area contributed by atoms with E-state index in [1.165, 1.54) is 14.1 Å². The highest BCUT2D eigenvalue weighted by atomic mass is 32.2. The third-order valence-electron chi connectivity index (χ3n) is 3.39. The third-order valence-corrected chi connectivity index (χ3v) is 4.86. The van der Waals surface area contributed by atoms with Crippen molar-refractivity contribution in [2.45, 2.75) is 39.7 Å². The van der Waals surface area contributed by atoms with Crippen LogP contribution < -0.4 is 9.46 Å². The Morgan fingerprint density at radius 2 is 1.81 bits per heavy atom. The lowest BCUT2D eigenvalue weighted by Gasteiger charge is -2.24.